The molecule has 0 aliphatic rings. The fourth-order valence-corrected chi connectivity index (χ4v) is 1.91. The van der Waals surface area contributed by atoms with Crippen LogP contribution in [-0.2, 0) is 0 Å². The van der Waals surface area contributed by atoms with Crippen molar-refractivity contribution >= 4 is 5.91 Å². The van der Waals surface area contributed by atoms with Gasteiger partial charge in [0.2, 0.25) is 0 Å². The summed E-state index contributed by atoms with van der Waals surface area (Å²) in [4.78, 5) is 14.3. The van der Waals surface area contributed by atoms with E-state index < -0.39 is 0 Å². The number of nitrogens with one attached hydrogen (secondary N) is 1. The summed E-state index contributed by atoms with van der Waals surface area (Å²) in [6.07, 6.45) is 0.970. The monoisotopic (exact) mass is 264 g/mol. The van der Waals surface area contributed by atoms with Gasteiger partial charge < -0.3 is 15.0 Å². The van der Waals surface area contributed by atoms with Crippen LogP contribution < -0.4 is 10.1 Å². The molecule has 4 nitrogen and oxygen atoms in total. The highest BCUT2D eigenvalue weighted by molar-refractivity contribution is 5.94. The summed E-state index contributed by atoms with van der Waals surface area (Å²) in [6.45, 7) is 8.13. The van der Waals surface area contributed by atoms with Crippen molar-refractivity contribution in [1.29, 1.82) is 0 Å². The number of hydrogen-bond donors (Lipinski definition) is 1. The van der Waals surface area contributed by atoms with E-state index in [1.165, 1.54) is 0 Å². The number of hydrogen-bond acceptors (Lipinski definition) is 3. The Morgan fingerprint density at radius 1 is 1.32 bits per heavy atom. The molecule has 0 aromatic heterocycles. The van der Waals surface area contributed by atoms with Crippen LogP contribution >= 0.6 is 0 Å². The van der Waals surface area contributed by atoms with Gasteiger partial charge in [0.15, 0.2) is 0 Å². The third-order valence-corrected chi connectivity index (χ3v) is 3.16. The molecule has 0 radical (unpaired) electrons. The summed E-state index contributed by atoms with van der Waals surface area (Å²) >= 11 is 0. The van der Waals surface area contributed by atoms with Gasteiger partial charge in [-0.25, -0.2) is 0 Å². The molecule has 0 fully saturated rings. The first-order valence-electron chi connectivity index (χ1n) is 6.85. The number of carbonyl (C=O) groups excluding carboxylic acids is 1. The standard InChI is InChI=1S/C15H24N2O2/c1-4-17(5-2)11-7-10-16-15(18)13-8-6-9-14(12-13)19-3/h6,8-9,12H,4-5,7,10-11H2,1-3H3,(H,16,18). The van der Waals surface area contributed by atoms with Gasteiger partial charge in [0, 0.05) is 12.1 Å². The van der Waals surface area contributed by atoms with E-state index in [1.807, 2.05) is 12.1 Å². The topological polar surface area (TPSA) is 41.6 Å². The summed E-state index contributed by atoms with van der Waals surface area (Å²) in [5, 5.41) is 2.93. The Balaban J connectivity index is 2.34. The fraction of sp³-hybridized carbons (Fsp3) is 0.533. The van der Waals surface area contributed by atoms with Crippen LogP contribution in [0.4, 0.5) is 0 Å². The first-order valence-corrected chi connectivity index (χ1v) is 6.85. The van der Waals surface area contributed by atoms with Gasteiger partial charge in [0.1, 0.15) is 5.75 Å². The number of benzene rings is 1. The number of amides is 1. The lowest BCUT2D eigenvalue weighted by Crippen LogP contribution is -2.29. The van der Waals surface area contributed by atoms with Gasteiger partial charge in [0.25, 0.3) is 5.91 Å². The smallest absolute Gasteiger partial charge is 0.251 e. The van der Waals surface area contributed by atoms with E-state index in [1.54, 1.807) is 19.2 Å². The van der Waals surface area contributed by atoms with Crippen LogP contribution in [0.15, 0.2) is 24.3 Å². The third-order valence-electron chi connectivity index (χ3n) is 3.16. The Kier molecular flexibility index (Phi) is 6.97. The van der Waals surface area contributed by atoms with E-state index in [-0.39, 0.29) is 5.91 Å². The van der Waals surface area contributed by atoms with Crippen molar-refractivity contribution in [1.82, 2.24) is 10.2 Å². The largest absolute Gasteiger partial charge is 0.497 e. The van der Waals surface area contributed by atoms with Crippen molar-refractivity contribution in [2.75, 3.05) is 33.3 Å². The zero-order chi connectivity index (χ0) is 14.1. The lowest BCUT2D eigenvalue weighted by atomic mass is 10.2. The van der Waals surface area contributed by atoms with E-state index in [4.69, 9.17) is 4.74 Å². The van der Waals surface area contributed by atoms with Gasteiger partial charge in [-0.05, 0) is 44.3 Å². The predicted molar refractivity (Wildman–Crippen MR) is 77.7 cm³/mol. The Morgan fingerprint density at radius 2 is 2.05 bits per heavy atom. The lowest BCUT2D eigenvalue weighted by Gasteiger charge is -2.17. The summed E-state index contributed by atoms with van der Waals surface area (Å²) in [5.41, 5.74) is 0.641. The lowest BCUT2D eigenvalue weighted by molar-refractivity contribution is 0.0951. The van der Waals surface area contributed by atoms with Crippen LogP contribution in [0.5, 0.6) is 5.75 Å². The van der Waals surface area contributed by atoms with E-state index in [2.05, 4.69) is 24.1 Å². The first-order chi connectivity index (χ1) is 9.21. The summed E-state index contributed by atoms with van der Waals surface area (Å²) in [6, 6.07) is 7.20. The quantitative estimate of drug-likeness (QED) is 0.732. The molecule has 1 rings (SSSR count). The van der Waals surface area contributed by atoms with E-state index >= 15 is 0 Å². The van der Waals surface area contributed by atoms with Crippen molar-refractivity contribution in [2.24, 2.45) is 0 Å². The van der Waals surface area contributed by atoms with Crippen molar-refractivity contribution in [3.63, 3.8) is 0 Å². The molecule has 0 saturated heterocycles. The van der Waals surface area contributed by atoms with Crippen LogP contribution in [0.25, 0.3) is 0 Å². The van der Waals surface area contributed by atoms with E-state index in [9.17, 15) is 4.79 Å². The second kappa shape index (κ2) is 8.53. The van der Waals surface area contributed by atoms with Crippen LogP contribution in [0.2, 0.25) is 0 Å². The highest BCUT2D eigenvalue weighted by atomic mass is 16.5. The number of nitrogens with zero attached hydrogens (tertiary/aromatic N) is 1. The normalized spacial score (nSPS) is 10.5. The molecule has 0 bridgehead atoms. The minimum Gasteiger partial charge on any atom is -0.497 e. The maximum atomic E-state index is 11.9. The van der Waals surface area contributed by atoms with Gasteiger partial charge in [-0.3, -0.25) is 4.79 Å². The molecule has 0 saturated carbocycles. The van der Waals surface area contributed by atoms with Crippen molar-refractivity contribution in [2.45, 2.75) is 20.3 Å². The molecule has 0 heterocycles. The zero-order valence-electron chi connectivity index (χ0n) is 12.1. The van der Waals surface area contributed by atoms with Gasteiger partial charge in [-0.15, -0.1) is 0 Å². The Labute approximate surface area is 115 Å². The molecule has 1 N–H and O–H groups in total. The Morgan fingerprint density at radius 3 is 2.68 bits per heavy atom. The van der Waals surface area contributed by atoms with Gasteiger partial charge >= 0.3 is 0 Å². The molecule has 0 atom stereocenters. The van der Waals surface area contributed by atoms with Crippen LogP contribution in [0.3, 0.4) is 0 Å². The summed E-state index contributed by atoms with van der Waals surface area (Å²) < 4.78 is 5.10. The van der Waals surface area contributed by atoms with E-state index in [0.717, 1.165) is 26.1 Å². The van der Waals surface area contributed by atoms with Crippen molar-refractivity contribution in [3.8, 4) is 5.75 Å². The molecule has 4 heteroatoms. The summed E-state index contributed by atoms with van der Waals surface area (Å²) in [7, 11) is 1.60. The maximum absolute atomic E-state index is 11.9. The second-order valence-corrected chi connectivity index (χ2v) is 4.37. The molecule has 19 heavy (non-hydrogen) atoms. The zero-order valence-corrected chi connectivity index (χ0v) is 12.1. The minimum atomic E-state index is -0.0431. The first kappa shape index (κ1) is 15.5. The predicted octanol–water partition coefficient (Wildman–Crippen LogP) is 2.16. The molecule has 0 unspecified atom stereocenters. The molecule has 0 aliphatic heterocycles. The van der Waals surface area contributed by atoms with Crippen molar-refractivity contribution < 1.29 is 9.53 Å². The number of methoxy groups -OCH3 is 1. The molecular formula is C15H24N2O2. The fourth-order valence-electron chi connectivity index (χ4n) is 1.91. The van der Waals surface area contributed by atoms with Crippen LogP contribution in [0.1, 0.15) is 30.6 Å². The number of ether oxygens (including phenoxy) is 1. The number of rotatable bonds is 8. The Bertz CT molecular complexity index is 389. The number of carbonyl (C=O) groups is 1. The highest BCUT2D eigenvalue weighted by Gasteiger charge is 2.06. The molecule has 0 aliphatic carbocycles. The molecule has 1 aromatic carbocycles. The molecule has 0 spiro atoms. The third kappa shape index (κ3) is 5.30. The summed E-state index contributed by atoms with van der Waals surface area (Å²) in [5.74, 6) is 0.661. The van der Waals surface area contributed by atoms with Gasteiger partial charge in [-0.2, -0.15) is 0 Å². The van der Waals surface area contributed by atoms with E-state index in [0.29, 0.717) is 17.9 Å². The average Bonchev–Trinajstić information content (AvgIpc) is 2.47. The van der Waals surface area contributed by atoms with Gasteiger partial charge in [0.05, 0.1) is 7.11 Å². The van der Waals surface area contributed by atoms with Crippen molar-refractivity contribution in [3.05, 3.63) is 29.8 Å². The van der Waals surface area contributed by atoms with Gasteiger partial charge in [-0.1, -0.05) is 19.9 Å². The molecule has 106 valence electrons. The molecule has 1 amide bonds. The molecule has 1 aromatic rings. The minimum absolute atomic E-state index is 0.0431. The highest BCUT2D eigenvalue weighted by Crippen LogP contribution is 2.12. The Hall–Kier alpha value is -1.55. The van der Waals surface area contributed by atoms with Crippen LogP contribution in [-0.4, -0.2) is 44.1 Å². The molecular weight excluding hydrogens is 240 g/mol. The van der Waals surface area contributed by atoms with Crippen LogP contribution in [0, 0.1) is 0 Å². The maximum Gasteiger partial charge on any atom is 0.251 e. The SMILES string of the molecule is CCN(CC)CCCNC(=O)c1cccc(OC)c1. The average molecular weight is 264 g/mol. The second-order valence-electron chi connectivity index (χ2n) is 4.37.